The van der Waals surface area contributed by atoms with E-state index in [0.29, 0.717) is 26.2 Å². The van der Waals surface area contributed by atoms with Crippen LogP contribution < -0.4 is 5.32 Å². The third-order valence-electron chi connectivity index (χ3n) is 5.54. The first-order valence-corrected chi connectivity index (χ1v) is 9.38. The first kappa shape index (κ1) is 18.2. The summed E-state index contributed by atoms with van der Waals surface area (Å²) in [4.78, 5) is 28.2. The predicted molar refractivity (Wildman–Crippen MR) is 94.6 cm³/mol. The Morgan fingerprint density at radius 1 is 1.26 bits per heavy atom. The van der Waals surface area contributed by atoms with E-state index in [-0.39, 0.29) is 24.4 Å². The Hall–Kier alpha value is -2.19. The summed E-state index contributed by atoms with van der Waals surface area (Å²) in [7, 11) is 0. The Kier molecular flexibility index (Phi) is 5.01. The molecular weight excluding hydrogens is 353 g/mol. The van der Waals surface area contributed by atoms with E-state index in [9.17, 15) is 14.0 Å². The maximum atomic E-state index is 13.1. The van der Waals surface area contributed by atoms with Crippen molar-refractivity contribution >= 4 is 12.0 Å². The molecule has 1 N–H and O–H groups in total. The molecule has 3 aliphatic heterocycles. The summed E-state index contributed by atoms with van der Waals surface area (Å²) < 4.78 is 24.5. The number of hydrogen-bond acceptors (Lipinski definition) is 5. The lowest BCUT2D eigenvalue weighted by molar-refractivity contribution is -0.139. The lowest BCUT2D eigenvalue weighted by Gasteiger charge is -2.34. The Morgan fingerprint density at radius 2 is 2.00 bits per heavy atom. The number of hydrogen-bond donors (Lipinski definition) is 1. The van der Waals surface area contributed by atoms with Crippen molar-refractivity contribution in [2.75, 3.05) is 45.9 Å². The van der Waals surface area contributed by atoms with E-state index in [1.807, 2.05) is 0 Å². The van der Waals surface area contributed by atoms with E-state index in [0.717, 1.165) is 31.5 Å². The number of nitrogens with zero attached hydrogens (tertiary/aromatic N) is 2. The molecule has 3 aliphatic rings. The summed E-state index contributed by atoms with van der Waals surface area (Å²) in [6.07, 6.45) is 0.847. The molecule has 0 saturated carbocycles. The van der Waals surface area contributed by atoms with Gasteiger partial charge in [0, 0.05) is 19.4 Å². The molecule has 0 aromatic heterocycles. The average Bonchev–Trinajstić information content (AvgIpc) is 2.97. The quantitative estimate of drug-likeness (QED) is 0.860. The van der Waals surface area contributed by atoms with Gasteiger partial charge in [0.25, 0.3) is 0 Å². The smallest absolute Gasteiger partial charge is 0.410 e. The van der Waals surface area contributed by atoms with E-state index in [1.54, 1.807) is 17.0 Å². The van der Waals surface area contributed by atoms with Gasteiger partial charge in [-0.05, 0) is 30.8 Å². The number of ether oxygens (including phenoxy) is 2. The van der Waals surface area contributed by atoms with Crippen LogP contribution in [0.5, 0.6) is 0 Å². The maximum absolute atomic E-state index is 13.1. The minimum atomic E-state index is -0.454. The lowest BCUT2D eigenvalue weighted by Crippen LogP contribution is -2.48. The molecule has 3 saturated heterocycles. The summed E-state index contributed by atoms with van der Waals surface area (Å²) in [5, 5.41) is 3.26. The highest BCUT2D eigenvalue weighted by Gasteiger charge is 2.46. The zero-order chi connectivity index (χ0) is 18.9. The molecule has 3 heterocycles. The van der Waals surface area contributed by atoms with Crippen LogP contribution in [0.2, 0.25) is 0 Å². The van der Waals surface area contributed by atoms with Crippen LogP contribution in [0, 0.1) is 5.82 Å². The first-order chi connectivity index (χ1) is 13.0. The van der Waals surface area contributed by atoms with Gasteiger partial charge in [-0.2, -0.15) is 0 Å². The van der Waals surface area contributed by atoms with Crippen LogP contribution >= 0.6 is 0 Å². The van der Waals surface area contributed by atoms with E-state index in [1.165, 1.54) is 17.0 Å². The first-order valence-electron chi connectivity index (χ1n) is 9.38. The van der Waals surface area contributed by atoms with Crippen molar-refractivity contribution in [3.8, 4) is 0 Å². The number of nitrogens with one attached hydrogen (secondary N) is 1. The number of carbonyl (C=O) groups excluding carboxylic acids is 2. The van der Waals surface area contributed by atoms with Crippen LogP contribution in [-0.2, 0) is 14.3 Å². The van der Waals surface area contributed by atoms with Crippen LogP contribution in [0.4, 0.5) is 9.18 Å². The normalized spacial score (nSPS) is 24.9. The van der Waals surface area contributed by atoms with Gasteiger partial charge < -0.3 is 19.7 Å². The Morgan fingerprint density at radius 3 is 2.74 bits per heavy atom. The highest BCUT2D eigenvalue weighted by atomic mass is 19.1. The molecule has 7 nitrogen and oxygen atoms in total. The molecular formula is C19H24FN3O4. The molecule has 27 heavy (non-hydrogen) atoms. The minimum Gasteiger partial charge on any atom is -0.441 e. The molecule has 8 heteroatoms. The topological polar surface area (TPSA) is 71.1 Å². The van der Waals surface area contributed by atoms with E-state index < -0.39 is 11.7 Å². The predicted octanol–water partition coefficient (Wildman–Crippen LogP) is 1.30. The molecule has 0 aliphatic carbocycles. The van der Waals surface area contributed by atoms with Gasteiger partial charge >= 0.3 is 6.09 Å². The zero-order valence-electron chi connectivity index (χ0n) is 15.2. The number of rotatable bonds is 3. The molecule has 146 valence electrons. The van der Waals surface area contributed by atoms with Gasteiger partial charge in [0.1, 0.15) is 24.1 Å². The molecule has 1 aromatic carbocycles. The fourth-order valence-electron chi connectivity index (χ4n) is 3.98. The summed E-state index contributed by atoms with van der Waals surface area (Å²) >= 11 is 0. The molecule has 3 fully saturated rings. The third kappa shape index (κ3) is 3.91. The maximum Gasteiger partial charge on any atom is 0.410 e. The van der Waals surface area contributed by atoms with Crippen LogP contribution in [-0.4, -0.2) is 73.3 Å². The van der Waals surface area contributed by atoms with Gasteiger partial charge in [-0.25, -0.2) is 9.18 Å². The number of halogens is 1. The number of morpholine rings is 1. The molecule has 1 atom stereocenters. The van der Waals surface area contributed by atoms with E-state index in [2.05, 4.69) is 5.32 Å². The Labute approximate surface area is 157 Å². The second-order valence-electron chi connectivity index (χ2n) is 7.41. The average molecular weight is 377 g/mol. The SMILES string of the molecule is O=C(CN1CC2(CCNCC2)OC1=O)N1CCOC(c2ccc(F)cc2)C1. The van der Waals surface area contributed by atoms with Gasteiger partial charge in [-0.15, -0.1) is 0 Å². The Bertz CT molecular complexity index is 705. The van der Waals surface area contributed by atoms with Crippen LogP contribution in [0.15, 0.2) is 24.3 Å². The number of amides is 2. The van der Waals surface area contributed by atoms with Crippen molar-refractivity contribution in [3.63, 3.8) is 0 Å². The third-order valence-corrected chi connectivity index (χ3v) is 5.54. The van der Waals surface area contributed by atoms with E-state index in [4.69, 9.17) is 9.47 Å². The van der Waals surface area contributed by atoms with Crippen molar-refractivity contribution in [1.82, 2.24) is 15.1 Å². The fourth-order valence-corrected chi connectivity index (χ4v) is 3.98. The van der Waals surface area contributed by atoms with Gasteiger partial charge in [0.15, 0.2) is 0 Å². The van der Waals surface area contributed by atoms with Crippen molar-refractivity contribution < 1.29 is 23.5 Å². The molecule has 1 spiro atoms. The van der Waals surface area contributed by atoms with Crippen LogP contribution in [0.1, 0.15) is 24.5 Å². The van der Waals surface area contributed by atoms with Gasteiger partial charge in [-0.1, -0.05) is 12.1 Å². The number of piperidine rings is 1. The van der Waals surface area contributed by atoms with Crippen LogP contribution in [0.3, 0.4) is 0 Å². The summed E-state index contributed by atoms with van der Waals surface area (Å²) in [5.41, 5.74) is 0.382. The van der Waals surface area contributed by atoms with Crippen molar-refractivity contribution in [2.45, 2.75) is 24.5 Å². The summed E-state index contributed by atoms with van der Waals surface area (Å²) in [6.45, 7) is 3.40. The number of benzene rings is 1. The van der Waals surface area contributed by atoms with Gasteiger partial charge in [0.05, 0.1) is 19.7 Å². The molecule has 1 aromatic rings. The molecule has 0 bridgehead atoms. The second kappa shape index (κ2) is 7.44. The van der Waals surface area contributed by atoms with Crippen LogP contribution in [0.25, 0.3) is 0 Å². The largest absolute Gasteiger partial charge is 0.441 e. The highest BCUT2D eigenvalue weighted by Crippen LogP contribution is 2.31. The standard InChI is InChI=1S/C19H24FN3O4/c20-15-3-1-14(2-4-15)16-11-22(9-10-26-16)17(24)12-23-13-19(27-18(23)25)5-7-21-8-6-19/h1-4,16,21H,5-13H2. The van der Waals surface area contributed by atoms with Gasteiger partial charge in [-0.3, -0.25) is 9.69 Å². The number of carbonyl (C=O) groups is 2. The monoisotopic (exact) mass is 377 g/mol. The minimum absolute atomic E-state index is 0.0180. The van der Waals surface area contributed by atoms with Crippen molar-refractivity contribution in [2.24, 2.45) is 0 Å². The van der Waals surface area contributed by atoms with E-state index >= 15 is 0 Å². The van der Waals surface area contributed by atoms with Crippen molar-refractivity contribution in [3.05, 3.63) is 35.6 Å². The molecule has 2 amide bonds. The molecule has 0 radical (unpaired) electrons. The summed E-state index contributed by atoms with van der Waals surface area (Å²) in [6, 6.07) is 6.12. The lowest BCUT2D eigenvalue weighted by atomic mass is 9.92. The molecule has 4 rings (SSSR count). The van der Waals surface area contributed by atoms with Crippen molar-refractivity contribution in [1.29, 1.82) is 0 Å². The molecule has 1 unspecified atom stereocenters. The zero-order valence-corrected chi connectivity index (χ0v) is 15.2. The van der Waals surface area contributed by atoms with Gasteiger partial charge in [0.2, 0.25) is 5.91 Å². The highest BCUT2D eigenvalue weighted by molar-refractivity contribution is 5.83. The second-order valence-corrected chi connectivity index (χ2v) is 7.41. The summed E-state index contributed by atoms with van der Waals surface area (Å²) in [5.74, 6) is -0.421. The Balaban J connectivity index is 1.36. The fraction of sp³-hybridized carbons (Fsp3) is 0.579.